The van der Waals surface area contributed by atoms with Crippen molar-refractivity contribution in [2.75, 3.05) is 13.1 Å². The highest BCUT2D eigenvalue weighted by Gasteiger charge is 2.45. The fourth-order valence-corrected chi connectivity index (χ4v) is 5.83. The van der Waals surface area contributed by atoms with Gasteiger partial charge in [0.2, 0.25) is 0 Å². The number of likely N-dealkylation sites (tertiary alicyclic amines) is 1. The zero-order valence-electron chi connectivity index (χ0n) is 18.6. The maximum absolute atomic E-state index is 13.6. The van der Waals surface area contributed by atoms with Crippen LogP contribution in [0.2, 0.25) is 0 Å². The normalized spacial score (nSPS) is 19.6. The van der Waals surface area contributed by atoms with Gasteiger partial charge in [0.05, 0.1) is 11.3 Å². The van der Waals surface area contributed by atoms with Crippen LogP contribution >= 0.6 is 0 Å². The lowest BCUT2D eigenvalue weighted by Crippen LogP contribution is -2.45. The number of phenols is 1. The molecule has 2 N–H and O–H groups in total. The van der Waals surface area contributed by atoms with Gasteiger partial charge in [-0.2, -0.15) is 0 Å². The number of carbonyl (C=O) groups excluding carboxylic acids is 1. The van der Waals surface area contributed by atoms with Crippen LogP contribution in [-0.2, 0) is 18.9 Å². The van der Waals surface area contributed by atoms with Crippen molar-refractivity contribution >= 4 is 16.8 Å². The predicted molar refractivity (Wildman–Crippen MR) is 121 cm³/mol. The molecule has 1 aliphatic heterocycles. The molecule has 0 unspecified atom stereocenters. The Morgan fingerprint density at radius 2 is 1.97 bits per heavy atom. The fraction of sp³-hybridized carbons (Fsp3) is 0.480. The molecule has 0 radical (unpaired) electrons. The number of fused-ring (bicyclic) bond motifs is 3. The van der Waals surface area contributed by atoms with Crippen LogP contribution < -0.4 is 5.56 Å². The zero-order valence-corrected chi connectivity index (χ0v) is 18.6. The Balaban J connectivity index is 1.30. The number of aromatic amines is 1. The monoisotopic (exact) mass is 432 g/mol. The summed E-state index contributed by atoms with van der Waals surface area (Å²) in [5.74, 6) is 1.46. The van der Waals surface area contributed by atoms with Crippen LogP contribution in [0, 0.1) is 6.92 Å². The van der Waals surface area contributed by atoms with E-state index in [0.717, 1.165) is 72.2 Å². The number of rotatable bonds is 2. The van der Waals surface area contributed by atoms with Crippen LogP contribution in [0.4, 0.5) is 0 Å². The molecule has 2 fully saturated rings. The van der Waals surface area contributed by atoms with Crippen molar-refractivity contribution in [1.29, 1.82) is 0 Å². The van der Waals surface area contributed by atoms with Crippen molar-refractivity contribution in [1.82, 2.24) is 19.4 Å². The average Bonchev–Trinajstić information content (AvgIpc) is 3.53. The molecule has 6 rings (SSSR count). The molecule has 1 spiro atoms. The number of aryl methyl sites for hydroxylation is 1. The van der Waals surface area contributed by atoms with Crippen LogP contribution in [0.15, 0.2) is 23.0 Å². The minimum atomic E-state index is -0.0872. The highest BCUT2D eigenvalue weighted by molar-refractivity contribution is 6.08. The molecule has 32 heavy (non-hydrogen) atoms. The van der Waals surface area contributed by atoms with Crippen molar-refractivity contribution < 1.29 is 9.90 Å². The highest BCUT2D eigenvalue weighted by atomic mass is 16.3. The van der Waals surface area contributed by atoms with E-state index in [-0.39, 0.29) is 22.6 Å². The number of benzene rings is 1. The van der Waals surface area contributed by atoms with Gasteiger partial charge in [-0.3, -0.25) is 9.59 Å². The van der Waals surface area contributed by atoms with Crippen molar-refractivity contribution in [2.45, 2.75) is 56.8 Å². The molecule has 7 heteroatoms. The molecule has 1 amide bonds. The van der Waals surface area contributed by atoms with Crippen LogP contribution in [0.5, 0.6) is 5.75 Å². The second-order valence-electron chi connectivity index (χ2n) is 9.85. The third-order valence-corrected chi connectivity index (χ3v) is 8.05. The van der Waals surface area contributed by atoms with Gasteiger partial charge in [0, 0.05) is 53.6 Å². The van der Waals surface area contributed by atoms with Gasteiger partial charge in [-0.1, -0.05) is 0 Å². The Morgan fingerprint density at radius 1 is 1.22 bits per heavy atom. The molecule has 0 bridgehead atoms. The van der Waals surface area contributed by atoms with Crippen LogP contribution in [0.1, 0.15) is 71.2 Å². The molecule has 3 aromatic rings. The summed E-state index contributed by atoms with van der Waals surface area (Å²) in [6.45, 7) is 3.26. The van der Waals surface area contributed by atoms with Crippen molar-refractivity contribution in [2.24, 2.45) is 7.05 Å². The summed E-state index contributed by atoms with van der Waals surface area (Å²) in [7, 11) is 1.95. The topological polar surface area (TPSA) is 91.2 Å². The van der Waals surface area contributed by atoms with Gasteiger partial charge < -0.3 is 19.6 Å². The number of nitrogens with zero attached hydrogens (tertiary/aromatic N) is 3. The molecule has 3 aliphatic rings. The minimum absolute atomic E-state index is 0.0179. The average molecular weight is 433 g/mol. The van der Waals surface area contributed by atoms with Gasteiger partial charge in [-0.05, 0) is 63.6 Å². The summed E-state index contributed by atoms with van der Waals surface area (Å²) in [6.07, 6.45) is 5.60. The Bertz CT molecular complexity index is 1320. The quantitative estimate of drug-likeness (QED) is 0.650. The van der Waals surface area contributed by atoms with Gasteiger partial charge in [0.15, 0.2) is 0 Å². The van der Waals surface area contributed by atoms with Crippen LogP contribution in [-0.4, -0.2) is 43.5 Å². The maximum atomic E-state index is 13.6. The molecule has 1 saturated heterocycles. The van der Waals surface area contributed by atoms with Gasteiger partial charge >= 0.3 is 0 Å². The number of hydrogen-bond acceptors (Lipinski definition) is 4. The number of amides is 1. The van der Waals surface area contributed by atoms with Crippen LogP contribution in [0.25, 0.3) is 10.9 Å². The number of H-pyrrole nitrogens is 1. The van der Waals surface area contributed by atoms with Gasteiger partial charge in [0.1, 0.15) is 11.6 Å². The first-order chi connectivity index (χ1) is 15.4. The van der Waals surface area contributed by atoms with E-state index in [1.54, 1.807) is 12.1 Å². The molecule has 1 aromatic carbocycles. The Labute approximate surface area is 186 Å². The smallest absolute Gasteiger partial charge is 0.256 e. The third-order valence-electron chi connectivity index (χ3n) is 8.05. The number of piperidine rings is 1. The first-order valence-electron chi connectivity index (χ1n) is 11.6. The van der Waals surface area contributed by atoms with E-state index in [4.69, 9.17) is 4.98 Å². The SMILES string of the molecule is Cc1c(C(=O)N2CCC3(CCc4c3nc(C3CC3)[nH]c4=O)CC2)c2cc(O)ccc2n1C. The first kappa shape index (κ1) is 19.6. The molecule has 3 heterocycles. The van der Waals surface area contributed by atoms with E-state index in [0.29, 0.717) is 24.6 Å². The lowest BCUT2D eigenvalue weighted by molar-refractivity contribution is 0.0664. The van der Waals surface area contributed by atoms with E-state index in [2.05, 4.69) is 4.98 Å². The molecular formula is C25H28N4O3. The zero-order chi connectivity index (χ0) is 22.2. The van der Waals surface area contributed by atoms with Crippen molar-refractivity contribution in [3.8, 4) is 5.75 Å². The predicted octanol–water partition coefficient (Wildman–Crippen LogP) is 3.27. The summed E-state index contributed by atoms with van der Waals surface area (Å²) < 4.78 is 2.01. The molecule has 7 nitrogen and oxygen atoms in total. The number of carbonyl (C=O) groups is 1. The second-order valence-corrected chi connectivity index (χ2v) is 9.85. The Hall–Kier alpha value is -3.09. The third kappa shape index (κ3) is 2.76. The maximum Gasteiger partial charge on any atom is 0.256 e. The standard InChI is InChI=1S/C25H28N4O3/c1-14-20(18-13-16(30)5-6-19(18)28(14)2)24(32)29-11-9-25(10-12-29)8-7-17-21(25)26-22(15-3-4-15)27-23(17)31/h5-6,13,15,30H,3-4,7-12H2,1-2H3,(H,26,27,31). The van der Waals surface area contributed by atoms with Crippen molar-refractivity contribution in [3.63, 3.8) is 0 Å². The number of aromatic nitrogens is 3. The molecule has 0 atom stereocenters. The molecule has 166 valence electrons. The Kier molecular flexibility index (Phi) is 4.10. The van der Waals surface area contributed by atoms with E-state index in [1.165, 1.54) is 0 Å². The summed E-state index contributed by atoms with van der Waals surface area (Å²) in [4.78, 5) is 36.1. The molecule has 1 saturated carbocycles. The summed E-state index contributed by atoms with van der Waals surface area (Å²) in [5, 5.41) is 10.8. The number of aromatic hydroxyl groups is 1. The van der Waals surface area contributed by atoms with E-state index < -0.39 is 0 Å². The molecular weight excluding hydrogens is 404 g/mol. The fourth-order valence-electron chi connectivity index (χ4n) is 5.83. The Morgan fingerprint density at radius 3 is 2.69 bits per heavy atom. The lowest BCUT2D eigenvalue weighted by Gasteiger charge is -2.39. The minimum Gasteiger partial charge on any atom is -0.508 e. The molecule has 2 aliphatic carbocycles. The van der Waals surface area contributed by atoms with Crippen LogP contribution in [0.3, 0.4) is 0 Å². The lowest BCUT2D eigenvalue weighted by atomic mass is 9.76. The number of phenolic OH excluding ortho intramolecular Hbond substituents is 1. The van der Waals surface area contributed by atoms with E-state index in [9.17, 15) is 14.7 Å². The summed E-state index contributed by atoms with van der Waals surface area (Å²) in [6, 6.07) is 5.20. The van der Waals surface area contributed by atoms with Crippen molar-refractivity contribution in [3.05, 3.63) is 56.9 Å². The van der Waals surface area contributed by atoms with Gasteiger partial charge in [0.25, 0.3) is 11.5 Å². The largest absolute Gasteiger partial charge is 0.508 e. The second kappa shape index (κ2) is 6.70. The highest BCUT2D eigenvalue weighted by Crippen LogP contribution is 2.46. The van der Waals surface area contributed by atoms with E-state index in [1.807, 2.05) is 29.5 Å². The van der Waals surface area contributed by atoms with Gasteiger partial charge in [-0.15, -0.1) is 0 Å². The van der Waals surface area contributed by atoms with E-state index >= 15 is 0 Å². The van der Waals surface area contributed by atoms with Gasteiger partial charge in [-0.25, -0.2) is 4.98 Å². The summed E-state index contributed by atoms with van der Waals surface area (Å²) >= 11 is 0. The molecule has 2 aromatic heterocycles. The number of nitrogens with one attached hydrogen (secondary N) is 1. The number of hydrogen-bond donors (Lipinski definition) is 2. The first-order valence-corrected chi connectivity index (χ1v) is 11.6. The summed E-state index contributed by atoms with van der Waals surface area (Å²) in [5.41, 5.74) is 4.33.